The van der Waals surface area contributed by atoms with Gasteiger partial charge in [0.25, 0.3) is 0 Å². The molecule has 1 N–H and O–H groups in total. The summed E-state index contributed by atoms with van der Waals surface area (Å²) in [5, 5.41) is 10.2. The second kappa shape index (κ2) is 7.71. The first-order chi connectivity index (χ1) is 10.1. The summed E-state index contributed by atoms with van der Waals surface area (Å²) in [6, 6.07) is 2.91. The summed E-state index contributed by atoms with van der Waals surface area (Å²) < 4.78 is 27.9. The van der Waals surface area contributed by atoms with Crippen LogP contribution in [0.15, 0.2) is 26.9 Å². The summed E-state index contributed by atoms with van der Waals surface area (Å²) >= 11 is 4.19. The topological polar surface area (TPSA) is 54.9 Å². The van der Waals surface area contributed by atoms with E-state index in [9.17, 15) is 13.6 Å². The third kappa shape index (κ3) is 4.94. The lowest BCUT2D eigenvalue weighted by atomic mass is 10.3. The maximum atomic E-state index is 13.4. The van der Waals surface area contributed by atoms with Gasteiger partial charge in [-0.1, -0.05) is 41.8 Å². The van der Waals surface area contributed by atoms with Crippen LogP contribution in [-0.4, -0.2) is 27.6 Å². The molecule has 112 valence electrons. The van der Waals surface area contributed by atoms with Crippen molar-refractivity contribution in [3.63, 3.8) is 0 Å². The zero-order valence-corrected chi connectivity index (χ0v) is 13.4. The van der Waals surface area contributed by atoms with Gasteiger partial charge in [0.1, 0.15) is 11.6 Å². The highest BCUT2D eigenvalue weighted by atomic mass is 32.2. The predicted octanol–water partition coefficient (Wildman–Crippen LogP) is 3.66. The fourth-order valence-electron chi connectivity index (χ4n) is 1.34. The van der Waals surface area contributed by atoms with Gasteiger partial charge < -0.3 is 5.32 Å². The van der Waals surface area contributed by atoms with Gasteiger partial charge in [-0.3, -0.25) is 4.79 Å². The molecule has 1 heterocycles. The average Bonchev–Trinajstić information content (AvgIpc) is 2.89. The molecule has 0 aliphatic heterocycles. The van der Waals surface area contributed by atoms with Crippen molar-refractivity contribution in [1.82, 2.24) is 10.2 Å². The number of halogens is 2. The van der Waals surface area contributed by atoms with E-state index in [2.05, 4.69) is 15.5 Å². The quantitative estimate of drug-likeness (QED) is 0.808. The third-order valence-corrected chi connectivity index (χ3v) is 5.26. The lowest BCUT2D eigenvalue weighted by molar-refractivity contribution is -0.113. The van der Waals surface area contributed by atoms with E-state index in [0.29, 0.717) is 4.34 Å². The molecule has 21 heavy (non-hydrogen) atoms. The van der Waals surface area contributed by atoms with Crippen LogP contribution in [0.25, 0.3) is 0 Å². The molecule has 0 fully saturated rings. The molecule has 0 aliphatic rings. The fraction of sp³-hybridized carbons (Fsp3) is 0.250. The van der Waals surface area contributed by atoms with E-state index in [0.717, 1.165) is 28.3 Å². The summed E-state index contributed by atoms with van der Waals surface area (Å²) in [7, 11) is 0. The van der Waals surface area contributed by atoms with Crippen molar-refractivity contribution in [1.29, 1.82) is 0 Å². The number of benzene rings is 1. The van der Waals surface area contributed by atoms with Crippen LogP contribution in [-0.2, 0) is 4.79 Å². The zero-order valence-electron chi connectivity index (χ0n) is 10.9. The normalized spacial score (nSPS) is 10.6. The Morgan fingerprint density at radius 2 is 2.00 bits per heavy atom. The number of thioether (sulfide) groups is 2. The van der Waals surface area contributed by atoms with Gasteiger partial charge in [0.15, 0.2) is 8.68 Å². The molecule has 1 aromatic carbocycles. The molecular formula is C12H11F2N3OS3. The minimum absolute atomic E-state index is 0.0569. The first-order valence-corrected chi connectivity index (χ1v) is 8.71. The molecule has 0 unspecified atom stereocenters. The smallest absolute Gasteiger partial charge is 0.234 e. The Hall–Kier alpha value is -1.19. The van der Waals surface area contributed by atoms with E-state index in [1.54, 1.807) is 11.8 Å². The molecule has 2 aromatic rings. The minimum atomic E-state index is -0.674. The Kier molecular flexibility index (Phi) is 5.95. The van der Waals surface area contributed by atoms with Crippen molar-refractivity contribution in [3.05, 3.63) is 29.8 Å². The molecule has 0 bridgehead atoms. The molecule has 0 atom stereocenters. The Morgan fingerprint density at radius 1 is 1.29 bits per heavy atom. The molecule has 0 spiro atoms. The van der Waals surface area contributed by atoms with Crippen LogP contribution in [0.4, 0.5) is 14.5 Å². The summed E-state index contributed by atoms with van der Waals surface area (Å²) in [4.78, 5) is 11.7. The predicted molar refractivity (Wildman–Crippen MR) is 82.0 cm³/mol. The average molecular weight is 347 g/mol. The summed E-state index contributed by atoms with van der Waals surface area (Å²) in [5.74, 6) is -0.749. The number of nitrogens with zero attached hydrogens (tertiary/aromatic N) is 2. The SMILES string of the molecule is CCSc1nnc(SCC(=O)Nc2cc(F)ccc2F)s1. The number of amides is 1. The minimum Gasteiger partial charge on any atom is -0.323 e. The first-order valence-electron chi connectivity index (χ1n) is 5.92. The molecule has 0 saturated carbocycles. The maximum Gasteiger partial charge on any atom is 0.234 e. The number of aromatic nitrogens is 2. The van der Waals surface area contributed by atoms with E-state index in [1.807, 2.05) is 6.92 Å². The van der Waals surface area contributed by atoms with Crippen LogP contribution in [0.5, 0.6) is 0 Å². The number of carbonyl (C=O) groups excluding carboxylic acids is 1. The van der Waals surface area contributed by atoms with Crippen LogP contribution in [0.2, 0.25) is 0 Å². The van der Waals surface area contributed by atoms with Gasteiger partial charge in [0, 0.05) is 6.07 Å². The van der Waals surface area contributed by atoms with Crippen LogP contribution in [0.1, 0.15) is 6.92 Å². The molecule has 0 saturated heterocycles. The number of hydrogen-bond acceptors (Lipinski definition) is 6. The van der Waals surface area contributed by atoms with Gasteiger partial charge in [0.05, 0.1) is 11.4 Å². The zero-order chi connectivity index (χ0) is 15.2. The second-order valence-electron chi connectivity index (χ2n) is 3.73. The molecule has 4 nitrogen and oxygen atoms in total. The molecule has 1 aromatic heterocycles. The van der Waals surface area contributed by atoms with Crippen molar-refractivity contribution >= 4 is 46.5 Å². The molecule has 0 radical (unpaired) electrons. The Balaban J connectivity index is 1.88. The van der Waals surface area contributed by atoms with Crippen molar-refractivity contribution < 1.29 is 13.6 Å². The van der Waals surface area contributed by atoms with Gasteiger partial charge in [-0.05, 0) is 17.9 Å². The highest BCUT2D eigenvalue weighted by Crippen LogP contribution is 2.28. The third-order valence-electron chi connectivity index (χ3n) is 2.18. The number of anilines is 1. The van der Waals surface area contributed by atoms with Gasteiger partial charge in [0.2, 0.25) is 5.91 Å². The summed E-state index contributed by atoms with van der Waals surface area (Å²) in [6.07, 6.45) is 0. The molecular weight excluding hydrogens is 336 g/mol. The monoisotopic (exact) mass is 347 g/mol. The molecule has 2 rings (SSSR count). The highest BCUT2D eigenvalue weighted by Gasteiger charge is 2.11. The van der Waals surface area contributed by atoms with Gasteiger partial charge >= 0.3 is 0 Å². The van der Waals surface area contributed by atoms with E-state index in [-0.39, 0.29) is 11.4 Å². The molecule has 1 amide bonds. The second-order valence-corrected chi connectivity index (χ2v) is 7.44. The van der Waals surface area contributed by atoms with Gasteiger partial charge in [-0.2, -0.15) is 0 Å². The Morgan fingerprint density at radius 3 is 2.71 bits per heavy atom. The van der Waals surface area contributed by atoms with Crippen LogP contribution in [0.3, 0.4) is 0 Å². The lowest BCUT2D eigenvalue weighted by Gasteiger charge is -2.05. The number of nitrogens with one attached hydrogen (secondary N) is 1. The van der Waals surface area contributed by atoms with E-state index >= 15 is 0 Å². The van der Waals surface area contributed by atoms with Crippen molar-refractivity contribution in [2.24, 2.45) is 0 Å². The van der Waals surface area contributed by atoms with E-state index in [4.69, 9.17) is 0 Å². The summed E-state index contributed by atoms with van der Waals surface area (Å²) in [6.45, 7) is 2.01. The number of carbonyl (C=O) groups is 1. The largest absolute Gasteiger partial charge is 0.323 e. The van der Waals surface area contributed by atoms with Crippen LogP contribution >= 0.6 is 34.9 Å². The standard InChI is InChI=1S/C12H11F2N3OS3/c1-2-19-11-16-17-12(21-11)20-6-10(18)15-9-5-7(13)3-4-8(9)14/h3-5H,2,6H2,1H3,(H,15,18). The summed E-state index contributed by atoms with van der Waals surface area (Å²) in [5.41, 5.74) is -0.167. The van der Waals surface area contributed by atoms with Crippen molar-refractivity contribution in [2.45, 2.75) is 15.6 Å². The van der Waals surface area contributed by atoms with Gasteiger partial charge in [-0.15, -0.1) is 10.2 Å². The van der Waals surface area contributed by atoms with Crippen molar-refractivity contribution in [2.75, 3.05) is 16.8 Å². The van der Waals surface area contributed by atoms with Crippen LogP contribution in [0, 0.1) is 11.6 Å². The van der Waals surface area contributed by atoms with E-state index in [1.165, 1.54) is 23.1 Å². The molecule has 9 heteroatoms. The Bertz CT molecular complexity index is 636. The number of hydrogen-bond donors (Lipinski definition) is 1. The maximum absolute atomic E-state index is 13.4. The first kappa shape index (κ1) is 16.2. The fourth-order valence-corrected chi connectivity index (χ4v) is 4.06. The Labute approximate surface area is 132 Å². The number of rotatable bonds is 6. The van der Waals surface area contributed by atoms with Crippen molar-refractivity contribution in [3.8, 4) is 0 Å². The van der Waals surface area contributed by atoms with Gasteiger partial charge in [-0.25, -0.2) is 8.78 Å². The molecule has 0 aliphatic carbocycles. The van der Waals surface area contributed by atoms with Crippen LogP contribution < -0.4 is 5.32 Å². The lowest BCUT2D eigenvalue weighted by Crippen LogP contribution is -2.15. The highest BCUT2D eigenvalue weighted by molar-refractivity contribution is 8.03. The van der Waals surface area contributed by atoms with E-state index < -0.39 is 17.5 Å².